The van der Waals surface area contributed by atoms with Gasteiger partial charge >= 0.3 is 0 Å². The van der Waals surface area contributed by atoms with Crippen LogP contribution in [0.5, 0.6) is 0 Å². The smallest absolute Gasteiger partial charge is 0.169 e. The van der Waals surface area contributed by atoms with Gasteiger partial charge in [-0.05, 0) is 28.4 Å². The molecule has 0 bridgehead atoms. The van der Waals surface area contributed by atoms with E-state index in [0.717, 1.165) is 30.7 Å². The maximum Gasteiger partial charge on any atom is 0.169 e. The molecule has 2 N–H and O–H groups in total. The van der Waals surface area contributed by atoms with Gasteiger partial charge in [0.05, 0.1) is 6.26 Å². The minimum atomic E-state index is 0.357. The van der Waals surface area contributed by atoms with Crippen molar-refractivity contribution in [2.24, 2.45) is 5.73 Å². The van der Waals surface area contributed by atoms with E-state index in [1.807, 2.05) is 6.07 Å². The highest BCUT2D eigenvalue weighted by Crippen LogP contribution is 2.17. The van der Waals surface area contributed by atoms with Crippen molar-refractivity contribution in [2.75, 3.05) is 13.1 Å². The van der Waals surface area contributed by atoms with Crippen molar-refractivity contribution in [2.45, 2.75) is 19.0 Å². The summed E-state index contributed by atoms with van der Waals surface area (Å²) in [7, 11) is 0. The van der Waals surface area contributed by atoms with Crippen molar-refractivity contribution in [3.8, 4) is 0 Å². The summed E-state index contributed by atoms with van der Waals surface area (Å²) in [5.74, 6) is 0. The van der Waals surface area contributed by atoms with Gasteiger partial charge in [0.25, 0.3) is 0 Å². The second-order valence-electron chi connectivity index (χ2n) is 3.54. The number of hydrogen-bond donors (Lipinski definition) is 1. The van der Waals surface area contributed by atoms with Crippen molar-refractivity contribution in [1.82, 2.24) is 4.90 Å². The van der Waals surface area contributed by atoms with Gasteiger partial charge in [-0.1, -0.05) is 0 Å². The van der Waals surface area contributed by atoms with E-state index < -0.39 is 0 Å². The van der Waals surface area contributed by atoms with E-state index in [2.05, 4.69) is 20.8 Å². The topological polar surface area (TPSA) is 42.4 Å². The Bertz CT molecular complexity index is 287. The summed E-state index contributed by atoms with van der Waals surface area (Å²) < 4.78 is 5.96. The molecule has 2 heterocycles. The number of furan rings is 1. The van der Waals surface area contributed by atoms with Crippen LogP contribution < -0.4 is 5.73 Å². The highest BCUT2D eigenvalue weighted by Gasteiger charge is 2.19. The largest absolute Gasteiger partial charge is 0.457 e. The predicted octanol–water partition coefficient (Wildman–Crippen LogP) is 1.58. The van der Waals surface area contributed by atoms with Crippen LogP contribution in [0.3, 0.4) is 0 Å². The number of nitrogens with zero attached hydrogens (tertiary/aromatic N) is 1. The molecule has 2 rings (SSSR count). The number of hydrogen-bond acceptors (Lipinski definition) is 3. The van der Waals surface area contributed by atoms with Crippen LogP contribution in [0.2, 0.25) is 0 Å². The molecule has 4 heteroatoms. The lowest BCUT2D eigenvalue weighted by atomic mass is 10.3. The molecular formula is C9H13BrN2O. The summed E-state index contributed by atoms with van der Waals surface area (Å²) in [5.41, 5.74) is 7.02. The van der Waals surface area contributed by atoms with E-state index in [0.29, 0.717) is 6.04 Å². The minimum absolute atomic E-state index is 0.357. The fraction of sp³-hybridized carbons (Fsp3) is 0.556. The summed E-state index contributed by atoms with van der Waals surface area (Å²) in [4.78, 5) is 2.35. The zero-order chi connectivity index (χ0) is 9.26. The first-order valence-electron chi connectivity index (χ1n) is 4.45. The molecule has 1 fully saturated rings. The fourth-order valence-corrected chi connectivity index (χ4v) is 2.08. The van der Waals surface area contributed by atoms with Gasteiger partial charge in [-0.2, -0.15) is 0 Å². The lowest BCUT2D eigenvalue weighted by Gasteiger charge is -2.12. The molecule has 1 atom stereocenters. The second-order valence-corrected chi connectivity index (χ2v) is 4.32. The summed E-state index contributed by atoms with van der Waals surface area (Å²) in [5, 5.41) is 0. The summed E-state index contributed by atoms with van der Waals surface area (Å²) in [6, 6.07) is 2.36. The molecule has 0 amide bonds. The van der Waals surface area contributed by atoms with Gasteiger partial charge in [0.2, 0.25) is 0 Å². The minimum Gasteiger partial charge on any atom is -0.457 e. The summed E-state index contributed by atoms with van der Waals surface area (Å²) in [6.07, 6.45) is 2.90. The van der Waals surface area contributed by atoms with Gasteiger partial charge in [-0.15, -0.1) is 0 Å². The molecule has 1 unspecified atom stereocenters. The van der Waals surface area contributed by atoms with Crippen LogP contribution in [0.15, 0.2) is 21.4 Å². The molecular weight excluding hydrogens is 232 g/mol. The Morgan fingerprint density at radius 3 is 3.08 bits per heavy atom. The molecule has 0 aromatic carbocycles. The molecule has 72 valence electrons. The van der Waals surface area contributed by atoms with Gasteiger partial charge in [0.15, 0.2) is 4.67 Å². The van der Waals surface area contributed by atoms with E-state index in [4.69, 9.17) is 10.2 Å². The van der Waals surface area contributed by atoms with Crippen LogP contribution in [0.25, 0.3) is 0 Å². The molecule has 13 heavy (non-hydrogen) atoms. The normalized spacial score (nSPS) is 24.0. The highest BCUT2D eigenvalue weighted by atomic mass is 79.9. The van der Waals surface area contributed by atoms with Crippen LogP contribution in [0.4, 0.5) is 0 Å². The molecule has 1 aromatic heterocycles. The SMILES string of the molecule is NC1CCN(Cc2coc(Br)c2)C1. The number of nitrogens with two attached hydrogens (primary N) is 1. The fourth-order valence-electron chi connectivity index (χ4n) is 1.69. The molecule has 0 spiro atoms. The maximum absolute atomic E-state index is 5.81. The quantitative estimate of drug-likeness (QED) is 0.860. The van der Waals surface area contributed by atoms with Crippen molar-refractivity contribution in [3.05, 3.63) is 22.6 Å². The molecule has 3 nitrogen and oxygen atoms in total. The third-order valence-corrected chi connectivity index (χ3v) is 2.75. The Kier molecular flexibility index (Phi) is 2.71. The Labute approximate surface area is 86.0 Å². The van der Waals surface area contributed by atoms with Crippen molar-refractivity contribution in [1.29, 1.82) is 0 Å². The monoisotopic (exact) mass is 244 g/mol. The molecule has 0 radical (unpaired) electrons. The van der Waals surface area contributed by atoms with Crippen LogP contribution >= 0.6 is 15.9 Å². The lowest BCUT2D eigenvalue weighted by molar-refractivity contribution is 0.325. The predicted molar refractivity (Wildman–Crippen MR) is 54.3 cm³/mol. The zero-order valence-electron chi connectivity index (χ0n) is 7.37. The number of halogens is 1. The van der Waals surface area contributed by atoms with Gasteiger partial charge in [0.1, 0.15) is 0 Å². The highest BCUT2D eigenvalue weighted by molar-refractivity contribution is 9.10. The molecule has 1 aliphatic rings. The van der Waals surface area contributed by atoms with Gasteiger partial charge in [0, 0.05) is 31.2 Å². The van der Waals surface area contributed by atoms with E-state index in [-0.39, 0.29) is 0 Å². The van der Waals surface area contributed by atoms with Crippen molar-refractivity contribution < 1.29 is 4.42 Å². The van der Waals surface area contributed by atoms with E-state index in [1.165, 1.54) is 5.56 Å². The van der Waals surface area contributed by atoms with Crippen molar-refractivity contribution in [3.63, 3.8) is 0 Å². The summed E-state index contributed by atoms with van der Waals surface area (Å²) >= 11 is 3.28. The molecule has 1 saturated heterocycles. The zero-order valence-corrected chi connectivity index (χ0v) is 8.96. The maximum atomic E-state index is 5.81. The average molecular weight is 245 g/mol. The standard InChI is InChI=1S/C9H13BrN2O/c10-9-3-7(6-13-9)4-12-2-1-8(11)5-12/h3,6,8H,1-2,4-5,11H2. The average Bonchev–Trinajstić information content (AvgIpc) is 2.62. The molecule has 1 aliphatic heterocycles. The second kappa shape index (κ2) is 3.82. The van der Waals surface area contributed by atoms with Crippen LogP contribution in [-0.4, -0.2) is 24.0 Å². The first-order valence-corrected chi connectivity index (χ1v) is 5.24. The van der Waals surface area contributed by atoms with E-state index in [9.17, 15) is 0 Å². The Morgan fingerprint density at radius 1 is 1.69 bits per heavy atom. The van der Waals surface area contributed by atoms with Crippen LogP contribution in [0.1, 0.15) is 12.0 Å². The van der Waals surface area contributed by atoms with Crippen LogP contribution in [-0.2, 0) is 6.54 Å². The first-order chi connectivity index (χ1) is 6.24. The third kappa shape index (κ3) is 2.33. The Balaban J connectivity index is 1.91. The Morgan fingerprint density at radius 2 is 2.54 bits per heavy atom. The number of likely N-dealkylation sites (tertiary alicyclic amines) is 1. The lowest BCUT2D eigenvalue weighted by Crippen LogP contribution is -2.26. The van der Waals surface area contributed by atoms with Gasteiger partial charge in [-0.3, -0.25) is 4.90 Å². The molecule has 0 saturated carbocycles. The van der Waals surface area contributed by atoms with E-state index in [1.54, 1.807) is 6.26 Å². The first kappa shape index (κ1) is 9.24. The molecule has 1 aromatic rings. The van der Waals surface area contributed by atoms with Crippen molar-refractivity contribution >= 4 is 15.9 Å². The van der Waals surface area contributed by atoms with Crippen LogP contribution in [0, 0.1) is 0 Å². The van der Waals surface area contributed by atoms with Gasteiger partial charge in [-0.25, -0.2) is 0 Å². The van der Waals surface area contributed by atoms with Gasteiger partial charge < -0.3 is 10.2 Å². The third-order valence-electron chi connectivity index (χ3n) is 2.34. The van der Waals surface area contributed by atoms with E-state index >= 15 is 0 Å². The summed E-state index contributed by atoms with van der Waals surface area (Å²) in [6.45, 7) is 3.05. The molecule has 0 aliphatic carbocycles. The Hall–Kier alpha value is -0.320. The number of rotatable bonds is 2.